The van der Waals surface area contributed by atoms with Crippen molar-refractivity contribution in [2.45, 2.75) is 89.8 Å². The molecule has 0 aromatic carbocycles. The van der Waals surface area contributed by atoms with Crippen LogP contribution in [-0.2, 0) is 18.9 Å². The summed E-state index contributed by atoms with van der Waals surface area (Å²) in [5, 5.41) is 23.1. The fraction of sp³-hybridized carbons (Fsp3) is 1.00. The molecule has 4 aliphatic carbocycles. The largest absolute Gasteiger partial charge is 0.393 e. The van der Waals surface area contributed by atoms with Crippen molar-refractivity contribution in [1.82, 2.24) is 0 Å². The molecule has 5 rings (SSSR count). The van der Waals surface area contributed by atoms with Gasteiger partial charge in [-0.05, 0) is 81.0 Å². The number of hydrogen-bond acceptors (Lipinski definition) is 6. The highest BCUT2D eigenvalue weighted by atomic mass is 16.7. The summed E-state index contributed by atoms with van der Waals surface area (Å²) in [7, 11) is 1.67. The first-order chi connectivity index (χ1) is 14.7. The molecular weight excluding hydrogens is 396 g/mol. The van der Waals surface area contributed by atoms with Gasteiger partial charge in [-0.25, -0.2) is 0 Å². The maximum absolute atomic E-state index is 11.6. The van der Waals surface area contributed by atoms with Crippen molar-refractivity contribution in [2.75, 3.05) is 27.1 Å². The van der Waals surface area contributed by atoms with Crippen LogP contribution < -0.4 is 0 Å². The molecule has 0 unspecified atom stereocenters. The molecule has 5 aliphatic rings. The molecule has 6 nitrogen and oxygen atoms in total. The standard InChI is InChI=1S/C25H42O6/c1-23-8-7-16(29-14-28-4)11-15(23)12-19(26)22-17-5-6-20(25(3)30-9-10-31-25)24(17,2)21(27)13-18(22)23/h15-22,26-27H,5-14H2,1-4H3/t15-,16+,17-,18-,19+,20-,21-,22-,23-,24-/m0/s1. The minimum Gasteiger partial charge on any atom is -0.393 e. The number of rotatable bonds is 4. The molecule has 10 atom stereocenters. The first-order valence-corrected chi connectivity index (χ1v) is 12.5. The number of aliphatic hydroxyl groups is 2. The van der Waals surface area contributed by atoms with E-state index < -0.39 is 5.79 Å². The van der Waals surface area contributed by atoms with Gasteiger partial charge in [0.1, 0.15) is 6.79 Å². The molecule has 0 aromatic rings. The highest BCUT2D eigenvalue weighted by Crippen LogP contribution is 2.69. The monoisotopic (exact) mass is 438 g/mol. The zero-order valence-corrected chi connectivity index (χ0v) is 19.7. The van der Waals surface area contributed by atoms with Crippen LogP contribution in [-0.4, -0.2) is 61.4 Å². The summed E-state index contributed by atoms with van der Waals surface area (Å²) in [5.41, 5.74) is -0.120. The number of hydrogen-bond donors (Lipinski definition) is 2. The average molecular weight is 439 g/mol. The average Bonchev–Trinajstić information content (AvgIpc) is 3.33. The lowest BCUT2D eigenvalue weighted by Crippen LogP contribution is -2.63. The normalized spacial score (nSPS) is 53.6. The van der Waals surface area contributed by atoms with Gasteiger partial charge in [-0.3, -0.25) is 0 Å². The topological polar surface area (TPSA) is 77.4 Å². The molecule has 0 radical (unpaired) electrons. The molecule has 0 spiro atoms. The fourth-order valence-corrected chi connectivity index (χ4v) is 9.05. The van der Waals surface area contributed by atoms with Crippen LogP contribution in [0, 0.1) is 40.4 Å². The van der Waals surface area contributed by atoms with Crippen molar-refractivity contribution in [3.63, 3.8) is 0 Å². The predicted molar refractivity (Wildman–Crippen MR) is 115 cm³/mol. The predicted octanol–water partition coefficient (Wildman–Crippen LogP) is 3.34. The van der Waals surface area contributed by atoms with Gasteiger partial charge in [0.25, 0.3) is 0 Å². The van der Waals surface area contributed by atoms with Crippen LogP contribution in [0.15, 0.2) is 0 Å². The number of fused-ring (bicyclic) bond motifs is 5. The maximum atomic E-state index is 11.6. The summed E-state index contributed by atoms with van der Waals surface area (Å²) in [5.74, 6) is 0.911. The molecule has 2 N–H and O–H groups in total. The van der Waals surface area contributed by atoms with Crippen LogP contribution in [0.3, 0.4) is 0 Å². The van der Waals surface area contributed by atoms with Gasteiger partial charge in [-0.15, -0.1) is 0 Å². The molecule has 0 aromatic heterocycles. The Morgan fingerprint density at radius 2 is 1.68 bits per heavy atom. The summed E-state index contributed by atoms with van der Waals surface area (Å²) < 4.78 is 23.2. The Balaban J connectivity index is 1.41. The second kappa shape index (κ2) is 7.92. The van der Waals surface area contributed by atoms with Crippen LogP contribution in [0.1, 0.15) is 65.7 Å². The minimum absolute atomic E-state index is 0.154. The molecule has 0 amide bonds. The van der Waals surface area contributed by atoms with E-state index in [0.29, 0.717) is 37.8 Å². The molecule has 31 heavy (non-hydrogen) atoms. The van der Waals surface area contributed by atoms with E-state index >= 15 is 0 Å². The van der Waals surface area contributed by atoms with Crippen LogP contribution >= 0.6 is 0 Å². The van der Waals surface area contributed by atoms with E-state index in [1.54, 1.807) is 7.11 Å². The molecule has 178 valence electrons. The van der Waals surface area contributed by atoms with Crippen LogP contribution in [0.2, 0.25) is 0 Å². The zero-order chi connectivity index (χ0) is 22.0. The lowest BCUT2D eigenvalue weighted by Gasteiger charge is -2.63. The van der Waals surface area contributed by atoms with E-state index in [9.17, 15) is 10.2 Å². The van der Waals surface area contributed by atoms with Crippen molar-refractivity contribution in [2.24, 2.45) is 40.4 Å². The Bertz CT molecular complexity index is 664. The first kappa shape index (κ1) is 22.5. The molecular formula is C25H42O6. The van der Waals surface area contributed by atoms with Crippen molar-refractivity contribution in [1.29, 1.82) is 0 Å². The minimum atomic E-state index is -0.611. The summed E-state index contributed by atoms with van der Waals surface area (Å²) in [6, 6.07) is 0. The van der Waals surface area contributed by atoms with Gasteiger partial charge in [0.05, 0.1) is 31.5 Å². The molecule has 0 bridgehead atoms. The Morgan fingerprint density at radius 1 is 0.935 bits per heavy atom. The number of aliphatic hydroxyl groups excluding tert-OH is 2. The molecule has 1 aliphatic heterocycles. The van der Waals surface area contributed by atoms with Crippen LogP contribution in [0.4, 0.5) is 0 Å². The van der Waals surface area contributed by atoms with Gasteiger partial charge in [-0.1, -0.05) is 13.8 Å². The summed E-state index contributed by atoms with van der Waals surface area (Å²) in [4.78, 5) is 0. The van der Waals surface area contributed by atoms with Gasteiger partial charge in [-0.2, -0.15) is 0 Å². The fourth-order valence-electron chi connectivity index (χ4n) is 9.05. The Morgan fingerprint density at radius 3 is 2.39 bits per heavy atom. The van der Waals surface area contributed by atoms with Crippen LogP contribution in [0.5, 0.6) is 0 Å². The summed E-state index contributed by atoms with van der Waals surface area (Å²) in [6.07, 6.45) is 6.31. The number of ether oxygens (including phenoxy) is 4. The van der Waals surface area contributed by atoms with Gasteiger partial charge < -0.3 is 29.2 Å². The molecule has 1 heterocycles. The van der Waals surface area contributed by atoms with Crippen molar-refractivity contribution >= 4 is 0 Å². The highest BCUT2D eigenvalue weighted by Gasteiger charge is 2.68. The third-order valence-electron chi connectivity index (χ3n) is 10.7. The first-order valence-electron chi connectivity index (χ1n) is 12.5. The highest BCUT2D eigenvalue weighted by molar-refractivity contribution is 5.15. The van der Waals surface area contributed by atoms with Gasteiger partial charge in [0.2, 0.25) is 0 Å². The molecule has 6 heteroatoms. The molecule has 4 saturated carbocycles. The third-order valence-corrected chi connectivity index (χ3v) is 10.7. The second-order valence-electron chi connectivity index (χ2n) is 11.7. The smallest absolute Gasteiger partial charge is 0.169 e. The van der Waals surface area contributed by atoms with Gasteiger partial charge in [0.15, 0.2) is 5.79 Å². The zero-order valence-electron chi connectivity index (χ0n) is 19.7. The van der Waals surface area contributed by atoms with Gasteiger partial charge in [0, 0.05) is 18.4 Å². The SMILES string of the molecule is COCO[C@@H]1CC[C@@]2(C)[C@@H](C1)C[C@@H](O)[C@@H]1[C@@H]2C[C@H](O)[C@]2(C)[C@@H](C3(C)OCCO3)CC[C@@H]12. The Labute approximate surface area is 187 Å². The van der Waals surface area contributed by atoms with Crippen LogP contribution in [0.25, 0.3) is 0 Å². The second-order valence-corrected chi connectivity index (χ2v) is 11.7. The van der Waals surface area contributed by atoms with E-state index in [1.165, 1.54) is 0 Å². The lowest BCUT2D eigenvalue weighted by atomic mass is 9.43. The van der Waals surface area contributed by atoms with Gasteiger partial charge >= 0.3 is 0 Å². The van der Waals surface area contributed by atoms with Crippen molar-refractivity contribution in [3.05, 3.63) is 0 Å². The van der Waals surface area contributed by atoms with E-state index in [-0.39, 0.29) is 41.0 Å². The molecule has 1 saturated heterocycles. The summed E-state index contributed by atoms with van der Waals surface area (Å²) in [6.45, 7) is 8.34. The quantitative estimate of drug-likeness (QED) is 0.656. The Kier molecular flexibility index (Phi) is 5.76. The Hall–Kier alpha value is -0.240. The number of methoxy groups -OCH3 is 1. The van der Waals surface area contributed by atoms with Crippen molar-refractivity contribution < 1.29 is 29.2 Å². The van der Waals surface area contributed by atoms with E-state index in [4.69, 9.17) is 18.9 Å². The lowest BCUT2D eigenvalue weighted by molar-refractivity contribution is -0.252. The molecule has 5 fully saturated rings. The maximum Gasteiger partial charge on any atom is 0.169 e. The third kappa shape index (κ3) is 3.27. The van der Waals surface area contributed by atoms with E-state index in [2.05, 4.69) is 20.8 Å². The van der Waals surface area contributed by atoms with E-state index in [0.717, 1.165) is 44.9 Å². The van der Waals surface area contributed by atoms with Crippen molar-refractivity contribution in [3.8, 4) is 0 Å². The van der Waals surface area contributed by atoms with E-state index in [1.807, 2.05) is 0 Å². The summed E-state index contributed by atoms with van der Waals surface area (Å²) >= 11 is 0.